The fourth-order valence-corrected chi connectivity index (χ4v) is 4.86. The van der Waals surface area contributed by atoms with Crippen molar-refractivity contribution in [3.8, 4) is 5.75 Å². The van der Waals surface area contributed by atoms with Crippen molar-refractivity contribution in [3.63, 3.8) is 0 Å². The normalized spacial score (nSPS) is 12.6. The molecule has 0 aliphatic heterocycles. The average Bonchev–Trinajstić information content (AvgIpc) is 3.04. The van der Waals surface area contributed by atoms with Crippen LogP contribution < -0.4 is 16.0 Å². The van der Waals surface area contributed by atoms with Gasteiger partial charge in [0.25, 0.3) is 0 Å². The average molecular weight is 670 g/mol. The Labute approximate surface area is 277 Å². The van der Waals surface area contributed by atoms with E-state index in [0.29, 0.717) is 18.4 Å². The highest BCUT2D eigenvalue weighted by atomic mass is 16.4. The van der Waals surface area contributed by atoms with Crippen molar-refractivity contribution in [2.24, 2.45) is 5.92 Å². The molecule has 0 saturated heterocycles. The molecule has 260 valence electrons. The summed E-state index contributed by atoms with van der Waals surface area (Å²) in [4.78, 5) is 84.5. The maximum absolute atomic E-state index is 13.3. The molecule has 0 heterocycles. The number of benzene rings is 2. The van der Waals surface area contributed by atoms with Gasteiger partial charge >= 0.3 is 23.9 Å². The number of aromatic hydroxyl groups is 1. The van der Waals surface area contributed by atoms with Crippen LogP contribution in [0.5, 0.6) is 5.75 Å². The zero-order valence-electron chi connectivity index (χ0n) is 26.6. The van der Waals surface area contributed by atoms with Crippen molar-refractivity contribution in [1.29, 1.82) is 0 Å². The van der Waals surface area contributed by atoms with Crippen molar-refractivity contribution in [2.45, 2.75) is 82.7 Å². The number of unbranched alkanes of at least 4 members (excludes halogenated alkanes) is 1. The van der Waals surface area contributed by atoms with Crippen molar-refractivity contribution in [1.82, 2.24) is 16.0 Å². The minimum atomic E-state index is -1.32. The molecule has 2 aromatic rings. The summed E-state index contributed by atoms with van der Waals surface area (Å²) in [6.07, 6.45) is 0.371. The molecule has 0 fully saturated rings. The molecular weight excluding hydrogens is 626 g/mol. The lowest BCUT2D eigenvalue weighted by atomic mass is 9.90. The highest BCUT2D eigenvalue weighted by Gasteiger charge is 2.28. The lowest BCUT2D eigenvalue weighted by molar-refractivity contribution is -0.144. The third-order valence-electron chi connectivity index (χ3n) is 7.50. The first kappa shape index (κ1) is 38.9. The molecule has 0 radical (unpaired) electrons. The molecule has 3 amide bonds. The van der Waals surface area contributed by atoms with Crippen LogP contribution >= 0.6 is 0 Å². The summed E-state index contributed by atoms with van der Waals surface area (Å²) < 4.78 is 0. The van der Waals surface area contributed by atoms with Gasteiger partial charge in [-0.3, -0.25) is 24.0 Å². The van der Waals surface area contributed by atoms with Gasteiger partial charge < -0.3 is 36.4 Å². The standard InChI is InChI=1S/C34H43N3O11/c38-25(16-17-27(33(46)47)37-34(48)35-18-6-11-31(42)43)9-4-5-10-30(41)36-28(20-22-7-2-1-3-8-22)29(40)21-24(32(44)45)19-23-12-14-26(39)15-13-23/h1-3,7-8,12-15,24,27-28,39H,4-6,9-11,16-21H2,(H,36,41)(H,42,43)(H,44,45)(H,46,47)(H2,35,37,48)/t24-,27+,28+/m1/s1. The lowest BCUT2D eigenvalue weighted by Crippen LogP contribution is -2.46. The molecule has 0 aliphatic carbocycles. The van der Waals surface area contributed by atoms with Gasteiger partial charge in [-0.05, 0) is 61.8 Å². The van der Waals surface area contributed by atoms with Crippen molar-refractivity contribution >= 4 is 41.4 Å². The van der Waals surface area contributed by atoms with Gasteiger partial charge in [-0.15, -0.1) is 0 Å². The number of urea groups is 1. The minimum Gasteiger partial charge on any atom is -0.508 e. The van der Waals surface area contributed by atoms with E-state index in [1.165, 1.54) is 12.1 Å². The SMILES string of the molecule is O=C(O)CCCNC(=O)N[C@@H](CCC(=O)CCCCC(=O)N[C@@H](Cc1ccccc1)C(=O)C[C@@H](Cc1ccc(O)cc1)C(=O)O)C(=O)O. The van der Waals surface area contributed by atoms with Gasteiger partial charge in [-0.25, -0.2) is 9.59 Å². The fourth-order valence-electron chi connectivity index (χ4n) is 4.86. The number of rotatable bonds is 23. The van der Waals surface area contributed by atoms with Gasteiger partial charge in [0.1, 0.15) is 17.6 Å². The molecule has 0 bridgehead atoms. The van der Waals surface area contributed by atoms with Crippen LogP contribution in [0.4, 0.5) is 4.79 Å². The monoisotopic (exact) mass is 669 g/mol. The number of phenolic OH excluding ortho intramolecular Hbond substituents is 1. The number of carbonyl (C=O) groups excluding carboxylic acids is 4. The third kappa shape index (κ3) is 15.8. The van der Waals surface area contributed by atoms with Crippen LogP contribution in [0.1, 0.15) is 68.9 Å². The predicted molar refractivity (Wildman–Crippen MR) is 172 cm³/mol. The zero-order valence-corrected chi connectivity index (χ0v) is 26.6. The zero-order chi connectivity index (χ0) is 35.5. The highest BCUT2D eigenvalue weighted by Crippen LogP contribution is 2.18. The second kappa shape index (κ2) is 20.8. The summed E-state index contributed by atoms with van der Waals surface area (Å²) in [5.41, 5.74) is 1.41. The second-order valence-corrected chi connectivity index (χ2v) is 11.5. The van der Waals surface area contributed by atoms with Crippen LogP contribution in [-0.4, -0.2) is 80.5 Å². The van der Waals surface area contributed by atoms with Gasteiger partial charge in [0.15, 0.2) is 5.78 Å². The first-order valence-electron chi connectivity index (χ1n) is 15.7. The van der Waals surface area contributed by atoms with Crippen molar-refractivity contribution in [3.05, 3.63) is 65.7 Å². The number of carboxylic acids is 3. The first-order valence-corrected chi connectivity index (χ1v) is 15.7. The van der Waals surface area contributed by atoms with E-state index in [2.05, 4.69) is 16.0 Å². The number of hydrogen-bond acceptors (Lipinski definition) is 8. The van der Waals surface area contributed by atoms with Gasteiger partial charge in [-0.2, -0.15) is 0 Å². The third-order valence-corrected chi connectivity index (χ3v) is 7.50. The van der Waals surface area contributed by atoms with Gasteiger partial charge in [0.05, 0.1) is 12.0 Å². The van der Waals surface area contributed by atoms with Crippen LogP contribution in [0.3, 0.4) is 0 Å². The van der Waals surface area contributed by atoms with Crippen LogP contribution in [0, 0.1) is 5.92 Å². The quantitative estimate of drug-likeness (QED) is 0.0849. The smallest absolute Gasteiger partial charge is 0.326 e. The molecule has 7 N–H and O–H groups in total. The molecule has 2 rings (SSSR count). The molecule has 48 heavy (non-hydrogen) atoms. The van der Waals surface area contributed by atoms with E-state index >= 15 is 0 Å². The fraction of sp³-hybridized carbons (Fsp3) is 0.441. The number of carbonyl (C=O) groups is 7. The number of hydrogen-bond donors (Lipinski definition) is 7. The van der Waals surface area contributed by atoms with E-state index in [9.17, 15) is 48.9 Å². The van der Waals surface area contributed by atoms with Crippen molar-refractivity contribution in [2.75, 3.05) is 6.54 Å². The number of amides is 3. The number of carboxylic acid groups (broad SMARTS) is 3. The molecule has 14 nitrogen and oxygen atoms in total. The minimum absolute atomic E-state index is 0.00305. The van der Waals surface area contributed by atoms with E-state index in [4.69, 9.17) is 5.11 Å². The topological polar surface area (TPSA) is 236 Å². The Balaban J connectivity index is 1.85. The van der Waals surface area contributed by atoms with E-state index in [0.717, 1.165) is 5.56 Å². The lowest BCUT2D eigenvalue weighted by Gasteiger charge is -2.20. The number of ketones is 2. The Morgan fingerprint density at radius 1 is 0.646 bits per heavy atom. The molecule has 0 spiro atoms. The van der Waals surface area contributed by atoms with E-state index < -0.39 is 53.6 Å². The van der Waals surface area contributed by atoms with Crippen LogP contribution in [-0.2, 0) is 41.6 Å². The van der Waals surface area contributed by atoms with Gasteiger partial charge in [-0.1, -0.05) is 42.5 Å². The molecule has 2 aromatic carbocycles. The van der Waals surface area contributed by atoms with Crippen molar-refractivity contribution < 1.29 is 54.0 Å². The molecular formula is C34H43N3O11. The second-order valence-electron chi connectivity index (χ2n) is 11.5. The summed E-state index contributed by atoms with van der Waals surface area (Å²) in [6, 6.07) is 11.9. The maximum atomic E-state index is 13.3. The molecule has 0 unspecified atom stereocenters. The van der Waals surface area contributed by atoms with E-state index in [1.807, 2.05) is 0 Å². The van der Waals surface area contributed by atoms with Gasteiger partial charge in [0.2, 0.25) is 5.91 Å². The molecule has 0 aliphatic rings. The number of aliphatic carboxylic acids is 3. The Kier molecular flexibility index (Phi) is 16.8. The molecule has 14 heteroatoms. The van der Waals surface area contributed by atoms with Crippen LogP contribution in [0.2, 0.25) is 0 Å². The number of phenols is 1. The molecule has 0 saturated carbocycles. The Bertz CT molecular complexity index is 1400. The van der Waals surface area contributed by atoms with E-state index in [1.54, 1.807) is 42.5 Å². The Morgan fingerprint density at radius 2 is 1.29 bits per heavy atom. The van der Waals surface area contributed by atoms with Crippen LogP contribution in [0.25, 0.3) is 0 Å². The first-order chi connectivity index (χ1) is 22.8. The Morgan fingerprint density at radius 3 is 1.92 bits per heavy atom. The largest absolute Gasteiger partial charge is 0.508 e. The van der Waals surface area contributed by atoms with E-state index in [-0.39, 0.29) is 75.9 Å². The van der Waals surface area contributed by atoms with Crippen LogP contribution in [0.15, 0.2) is 54.6 Å². The Hall–Kier alpha value is -5.27. The molecule has 3 atom stereocenters. The number of Topliss-reactive ketones (excluding diaryl/α,β-unsaturated/α-hetero) is 2. The summed E-state index contributed by atoms with van der Waals surface area (Å²) in [5, 5.41) is 44.6. The number of nitrogens with one attached hydrogen (secondary N) is 3. The summed E-state index contributed by atoms with van der Waals surface area (Å²) in [6.45, 7) is 0.0437. The summed E-state index contributed by atoms with van der Waals surface area (Å²) in [5.74, 6) is -5.65. The molecule has 0 aromatic heterocycles. The predicted octanol–water partition coefficient (Wildman–Crippen LogP) is 2.85. The maximum Gasteiger partial charge on any atom is 0.326 e. The summed E-state index contributed by atoms with van der Waals surface area (Å²) in [7, 11) is 0. The highest BCUT2D eigenvalue weighted by molar-refractivity contribution is 5.91. The van der Waals surface area contributed by atoms with Gasteiger partial charge in [0, 0.05) is 38.6 Å². The summed E-state index contributed by atoms with van der Waals surface area (Å²) >= 11 is 0.